The molecule has 3 aromatic carbocycles. The summed E-state index contributed by atoms with van der Waals surface area (Å²) in [5, 5.41) is 18.6. The molecule has 4 rings (SSSR count). The van der Waals surface area contributed by atoms with Crippen LogP contribution in [-0.4, -0.2) is 79.2 Å². The van der Waals surface area contributed by atoms with Gasteiger partial charge in [-0.1, -0.05) is 144 Å². The molecule has 12 heteroatoms. The zero-order valence-electron chi connectivity index (χ0n) is 40.2. The molecule has 65 heavy (non-hydrogen) atoms. The lowest BCUT2D eigenvalue weighted by Gasteiger charge is -2.27. The number of allylic oxidation sites excluding steroid dienone is 3. The number of aryl methyl sites for hydroxylation is 1. The number of ether oxygens (including phenoxy) is 2. The highest BCUT2D eigenvalue weighted by Gasteiger charge is 2.26. The summed E-state index contributed by atoms with van der Waals surface area (Å²) in [6, 6.07) is 24.0. The van der Waals surface area contributed by atoms with Crippen molar-refractivity contribution in [3.05, 3.63) is 131 Å². The van der Waals surface area contributed by atoms with Crippen LogP contribution >= 0.6 is 0 Å². The molecule has 5 N–H and O–H groups in total. The number of esters is 1. The second-order valence-electron chi connectivity index (χ2n) is 16.3. The molecule has 0 saturated heterocycles. The third-order valence-corrected chi connectivity index (χ3v) is 9.82. The van der Waals surface area contributed by atoms with E-state index < -0.39 is 42.3 Å². The number of benzene rings is 3. The summed E-state index contributed by atoms with van der Waals surface area (Å²) >= 11 is 0. The maximum atomic E-state index is 13.4. The molecule has 1 saturated carbocycles. The van der Waals surface area contributed by atoms with Crippen LogP contribution in [0.1, 0.15) is 127 Å². The van der Waals surface area contributed by atoms with Crippen LogP contribution in [0.2, 0.25) is 0 Å². The van der Waals surface area contributed by atoms with Crippen molar-refractivity contribution < 1.29 is 38.6 Å². The molecule has 1 aliphatic carbocycles. The fraction of sp³-hybridized carbons (Fsp3) is 0.491. The topological polar surface area (TPSA) is 172 Å². The highest BCUT2D eigenvalue weighted by atomic mass is 16.5. The van der Waals surface area contributed by atoms with E-state index >= 15 is 0 Å². The van der Waals surface area contributed by atoms with Crippen LogP contribution in [0.5, 0.6) is 0 Å². The van der Waals surface area contributed by atoms with Crippen molar-refractivity contribution in [1.82, 2.24) is 21.3 Å². The number of nitrogens with one attached hydrogen (secondary N) is 4. The molecular weight excluding hydrogens is 821 g/mol. The molecule has 3 unspecified atom stereocenters. The van der Waals surface area contributed by atoms with E-state index in [2.05, 4.69) is 55.5 Å². The lowest BCUT2D eigenvalue weighted by Crippen LogP contribution is -2.52. The Labute approximate surface area is 389 Å². The minimum atomic E-state index is -0.972. The second kappa shape index (κ2) is 35.7. The van der Waals surface area contributed by atoms with E-state index in [4.69, 9.17) is 14.6 Å². The molecule has 1 fully saturated rings. The van der Waals surface area contributed by atoms with Gasteiger partial charge in [-0.15, -0.1) is 0 Å². The number of aliphatic hydroxyl groups excluding tert-OH is 1. The van der Waals surface area contributed by atoms with E-state index in [1.54, 1.807) is 25.1 Å². The van der Waals surface area contributed by atoms with E-state index in [1.807, 2.05) is 92.7 Å². The van der Waals surface area contributed by atoms with Crippen LogP contribution < -0.4 is 21.3 Å². The van der Waals surface area contributed by atoms with Crippen LogP contribution in [0.4, 0.5) is 0 Å². The van der Waals surface area contributed by atoms with E-state index in [-0.39, 0.29) is 44.7 Å². The van der Waals surface area contributed by atoms with Crippen LogP contribution in [0.25, 0.3) is 0 Å². The Morgan fingerprint density at radius 2 is 1.38 bits per heavy atom. The number of rotatable bonds is 21. The Morgan fingerprint density at radius 1 is 0.785 bits per heavy atom. The third-order valence-electron chi connectivity index (χ3n) is 9.82. The van der Waals surface area contributed by atoms with Crippen molar-refractivity contribution in [1.29, 1.82) is 0 Å². The average Bonchev–Trinajstić information content (AvgIpc) is 3.30. The molecule has 0 heterocycles. The van der Waals surface area contributed by atoms with Gasteiger partial charge in [-0.05, 0) is 94.0 Å². The summed E-state index contributed by atoms with van der Waals surface area (Å²) in [4.78, 5) is 65.1. The average molecular weight is 899 g/mol. The molecule has 0 spiro atoms. The maximum absolute atomic E-state index is 13.4. The highest BCUT2D eigenvalue weighted by Crippen LogP contribution is 2.25. The van der Waals surface area contributed by atoms with E-state index in [0.717, 1.165) is 48.8 Å². The zero-order valence-corrected chi connectivity index (χ0v) is 40.2. The van der Waals surface area contributed by atoms with Crippen molar-refractivity contribution in [2.45, 2.75) is 137 Å². The molecule has 0 aliphatic heterocycles. The van der Waals surface area contributed by atoms with Crippen LogP contribution in [0.15, 0.2) is 109 Å². The fourth-order valence-electron chi connectivity index (χ4n) is 6.54. The fourth-order valence-corrected chi connectivity index (χ4v) is 6.54. The summed E-state index contributed by atoms with van der Waals surface area (Å²) in [5.74, 6) is -1.75. The highest BCUT2D eigenvalue weighted by molar-refractivity contribution is 5.94. The predicted molar refractivity (Wildman–Crippen MR) is 261 cm³/mol. The number of unbranched alkanes of at least 4 members (excludes halogenated alkanes) is 1. The van der Waals surface area contributed by atoms with Crippen LogP contribution in [0, 0.1) is 5.92 Å². The smallest absolute Gasteiger partial charge is 0.328 e. The van der Waals surface area contributed by atoms with Gasteiger partial charge in [0.15, 0.2) is 0 Å². The van der Waals surface area contributed by atoms with Crippen molar-refractivity contribution in [2.75, 3.05) is 26.3 Å². The molecule has 4 atom stereocenters. The molecule has 4 amide bonds. The number of carbonyl (C=O) groups is 5. The Morgan fingerprint density at radius 3 is 1.94 bits per heavy atom. The number of hydrogen-bond donors (Lipinski definition) is 5. The zero-order chi connectivity index (χ0) is 48.2. The quantitative estimate of drug-likeness (QED) is 0.0403. The van der Waals surface area contributed by atoms with Crippen molar-refractivity contribution >= 4 is 29.6 Å². The summed E-state index contributed by atoms with van der Waals surface area (Å²) < 4.78 is 11.4. The van der Waals surface area contributed by atoms with Crippen LogP contribution in [-0.2, 0) is 48.1 Å². The number of carbonyl (C=O) groups excluding carboxylic acids is 5. The Bertz CT molecular complexity index is 1810. The lowest BCUT2D eigenvalue weighted by atomic mass is 9.89. The van der Waals surface area contributed by atoms with E-state index in [0.29, 0.717) is 30.9 Å². The van der Waals surface area contributed by atoms with Gasteiger partial charge in [0.05, 0.1) is 12.6 Å². The molecule has 358 valence electrons. The van der Waals surface area contributed by atoms with Gasteiger partial charge in [0.1, 0.15) is 25.3 Å². The summed E-state index contributed by atoms with van der Waals surface area (Å²) in [6.45, 7) is 17.9. The molecule has 0 bridgehead atoms. The summed E-state index contributed by atoms with van der Waals surface area (Å²) in [6.07, 6.45) is 11.5. The Hall–Kier alpha value is -5.59. The number of amides is 4. The summed E-state index contributed by atoms with van der Waals surface area (Å²) in [7, 11) is 0. The van der Waals surface area contributed by atoms with Gasteiger partial charge >= 0.3 is 5.97 Å². The monoisotopic (exact) mass is 899 g/mol. The lowest BCUT2D eigenvalue weighted by molar-refractivity contribution is -0.149. The van der Waals surface area contributed by atoms with E-state index in [9.17, 15) is 24.0 Å². The number of hydrogen-bond acceptors (Lipinski definition) is 8. The Balaban J connectivity index is 0.00000157. The summed E-state index contributed by atoms with van der Waals surface area (Å²) in [5.41, 5.74) is 4.67. The normalized spacial score (nSPS) is 14.6. The molecule has 0 radical (unpaired) electrons. The third kappa shape index (κ3) is 27.4. The first-order valence-electron chi connectivity index (χ1n) is 23.3. The van der Waals surface area contributed by atoms with Gasteiger partial charge in [-0.25, -0.2) is 4.79 Å². The standard InChI is InChI=1S/C42H54N4O7.C6H10.C3H8.C2H6O/c1-3-31-20-22-34(23-21-31)40(49)43-24-11-10-19-36(42(51)53-28-33-16-8-5-9-17-33)45-38(47)27-44-41(50)37(26-32-14-6-4-7-15-32)46-39(48)29-52-35-18-12-13-30(2)25-35;1-4-5-6(2)3;1-3-2;1-2-3/h4-9,14-17,20-23,30,35-37H,3,10-13,18-19,24-29H2,1-2H3,(H,43,49)(H,44,50)(H,45,47)(H,46,48);4-5H,1H2,2-3H3;3H2,1-2H3;3H,2H2,1H3/t30?,35?,36-,37?;;;/m0.../s1. The van der Waals surface area contributed by atoms with Gasteiger partial charge in [-0.2, -0.15) is 0 Å². The maximum Gasteiger partial charge on any atom is 0.328 e. The molecule has 3 aromatic rings. The van der Waals surface area contributed by atoms with Gasteiger partial charge in [-0.3, -0.25) is 19.2 Å². The SMILES string of the molecule is C=CC=C(C)C.CCC.CCO.CCc1ccc(C(=O)NCCCC[C@H](NC(=O)CNC(=O)C(Cc2ccccc2)NC(=O)COC2CCCC(C)C2)C(=O)OCc2ccccc2)cc1. The number of aliphatic hydroxyl groups is 1. The van der Waals surface area contributed by atoms with Crippen molar-refractivity contribution in [3.63, 3.8) is 0 Å². The van der Waals surface area contributed by atoms with Crippen molar-refractivity contribution in [2.24, 2.45) is 5.92 Å². The van der Waals surface area contributed by atoms with Gasteiger partial charge in [0.2, 0.25) is 17.7 Å². The Kier molecular flexibility index (Phi) is 31.6. The first-order chi connectivity index (χ1) is 31.3. The van der Waals surface area contributed by atoms with Gasteiger partial charge in [0, 0.05) is 25.1 Å². The minimum absolute atomic E-state index is 0.0177. The van der Waals surface area contributed by atoms with Gasteiger partial charge in [0.25, 0.3) is 5.91 Å². The molecule has 0 aromatic heterocycles. The van der Waals surface area contributed by atoms with E-state index in [1.165, 1.54) is 12.0 Å². The predicted octanol–water partition coefficient (Wildman–Crippen LogP) is 8.37. The van der Waals surface area contributed by atoms with Crippen molar-refractivity contribution in [3.8, 4) is 0 Å². The largest absolute Gasteiger partial charge is 0.459 e. The minimum Gasteiger partial charge on any atom is -0.459 e. The second-order valence-corrected chi connectivity index (χ2v) is 16.3. The first-order valence-corrected chi connectivity index (χ1v) is 23.3. The van der Waals surface area contributed by atoms with Gasteiger partial charge < -0.3 is 35.8 Å². The molecule has 1 aliphatic rings. The molecular formula is C53H78N4O8. The molecule has 12 nitrogen and oxygen atoms in total. The first kappa shape index (κ1) is 57.4. The van der Waals surface area contributed by atoms with Crippen LogP contribution in [0.3, 0.4) is 0 Å².